The van der Waals surface area contributed by atoms with E-state index in [1.54, 1.807) is 21.3 Å². The molecule has 142 valence electrons. The van der Waals surface area contributed by atoms with Crippen molar-refractivity contribution in [2.24, 2.45) is 0 Å². The first-order valence-electron chi connectivity index (χ1n) is 8.98. The molecule has 5 nitrogen and oxygen atoms in total. The lowest BCUT2D eigenvalue weighted by Crippen LogP contribution is -2.42. The third-order valence-electron chi connectivity index (χ3n) is 3.97. The van der Waals surface area contributed by atoms with Crippen LogP contribution in [0.25, 0.3) is 0 Å². The molecule has 0 aliphatic heterocycles. The van der Waals surface area contributed by atoms with Gasteiger partial charge in [-0.15, -0.1) is 0 Å². The van der Waals surface area contributed by atoms with Gasteiger partial charge in [0.2, 0.25) is 0 Å². The molecule has 24 heavy (non-hydrogen) atoms. The molecule has 0 fully saturated rings. The Balaban J connectivity index is 3.46. The third-order valence-corrected chi connectivity index (χ3v) is 6.80. The van der Waals surface area contributed by atoms with Gasteiger partial charge in [0, 0.05) is 33.8 Å². The van der Waals surface area contributed by atoms with Gasteiger partial charge < -0.3 is 18.0 Å². The summed E-state index contributed by atoms with van der Waals surface area (Å²) in [5.41, 5.74) is 1.00. The van der Waals surface area contributed by atoms with E-state index in [0.29, 0.717) is 6.42 Å². The molecule has 0 aromatic rings. The second-order valence-corrected chi connectivity index (χ2v) is 9.40. The normalized spacial score (nSPS) is 11.4. The molecule has 0 N–H and O–H groups in total. The Bertz CT molecular complexity index is 341. The summed E-state index contributed by atoms with van der Waals surface area (Å²) in [4.78, 5) is 11.4. The zero-order chi connectivity index (χ0) is 18.3. The Morgan fingerprint density at radius 3 is 1.71 bits per heavy atom. The topological polar surface area (TPSA) is 54.0 Å². The van der Waals surface area contributed by atoms with Gasteiger partial charge >= 0.3 is 14.8 Å². The minimum atomic E-state index is -2.38. The Morgan fingerprint density at radius 1 is 0.792 bits per heavy atom. The lowest BCUT2D eigenvalue weighted by atomic mass is 10.1. The highest BCUT2D eigenvalue weighted by atomic mass is 28.4. The summed E-state index contributed by atoms with van der Waals surface area (Å²) in [6.07, 6.45) is 11.2. The van der Waals surface area contributed by atoms with Crippen LogP contribution in [0.2, 0.25) is 6.04 Å². The zero-order valence-electron chi connectivity index (χ0n) is 16.2. The maximum Gasteiger partial charge on any atom is 0.500 e. The third kappa shape index (κ3) is 11.8. The highest BCUT2D eigenvalue weighted by molar-refractivity contribution is 6.60. The van der Waals surface area contributed by atoms with Crippen molar-refractivity contribution in [3.05, 3.63) is 11.8 Å². The van der Waals surface area contributed by atoms with Crippen LogP contribution < -0.4 is 0 Å². The monoisotopic (exact) mass is 360 g/mol. The van der Waals surface area contributed by atoms with Gasteiger partial charge in [-0.05, 0) is 32.3 Å². The molecule has 0 aromatic heterocycles. The van der Waals surface area contributed by atoms with E-state index in [4.69, 9.17) is 18.0 Å². The number of allylic oxidation sites excluding steroid dienone is 1. The molecule has 0 heterocycles. The van der Waals surface area contributed by atoms with Gasteiger partial charge in [0.15, 0.2) is 0 Å². The molecule has 0 saturated carbocycles. The minimum Gasteiger partial charge on any atom is -0.435 e. The predicted octanol–water partition coefficient (Wildman–Crippen LogP) is 4.84. The van der Waals surface area contributed by atoms with E-state index >= 15 is 0 Å². The highest BCUT2D eigenvalue weighted by Crippen LogP contribution is 2.18. The van der Waals surface area contributed by atoms with Crippen molar-refractivity contribution >= 4 is 14.8 Å². The molecular weight excluding hydrogens is 324 g/mol. The zero-order valence-corrected chi connectivity index (χ0v) is 17.2. The number of carbonyl (C=O) groups excluding carboxylic acids is 1. The summed E-state index contributed by atoms with van der Waals surface area (Å²) < 4.78 is 21.2. The fraction of sp³-hybridized carbons (Fsp3) is 0.833. The minimum absolute atomic E-state index is 0.127. The first kappa shape index (κ1) is 23.3. The van der Waals surface area contributed by atoms with Gasteiger partial charge in [-0.25, -0.2) is 0 Å². The number of carbonyl (C=O) groups is 1. The van der Waals surface area contributed by atoms with E-state index in [1.807, 2.05) is 13.8 Å². The van der Waals surface area contributed by atoms with Crippen molar-refractivity contribution in [1.82, 2.24) is 0 Å². The quantitative estimate of drug-likeness (QED) is 0.181. The number of hydrogen-bond donors (Lipinski definition) is 0. The van der Waals surface area contributed by atoms with Gasteiger partial charge in [-0.2, -0.15) is 0 Å². The van der Waals surface area contributed by atoms with Crippen molar-refractivity contribution in [3.8, 4) is 0 Å². The number of rotatable bonds is 15. The molecular formula is C18H36O5Si. The molecule has 0 bridgehead atoms. The summed E-state index contributed by atoms with van der Waals surface area (Å²) in [6, 6.07) is 0.879. The van der Waals surface area contributed by atoms with Crippen molar-refractivity contribution in [2.45, 2.75) is 77.7 Å². The molecule has 0 saturated heterocycles. The first-order chi connectivity index (χ1) is 11.5. The van der Waals surface area contributed by atoms with Gasteiger partial charge in [0.1, 0.15) is 0 Å². The summed E-state index contributed by atoms with van der Waals surface area (Å²) in [5.74, 6) is -0.127. The Kier molecular flexibility index (Phi) is 14.2. The molecule has 0 unspecified atom stereocenters. The van der Waals surface area contributed by atoms with E-state index < -0.39 is 8.80 Å². The van der Waals surface area contributed by atoms with Gasteiger partial charge in [0.25, 0.3) is 0 Å². The molecule has 0 amide bonds. The smallest absolute Gasteiger partial charge is 0.435 e. The van der Waals surface area contributed by atoms with Crippen LogP contribution in [0.1, 0.15) is 71.6 Å². The first-order valence-corrected chi connectivity index (χ1v) is 10.9. The van der Waals surface area contributed by atoms with Crippen LogP contribution in [0, 0.1) is 0 Å². The maximum absolute atomic E-state index is 11.4. The maximum atomic E-state index is 11.4. The average Bonchev–Trinajstić information content (AvgIpc) is 2.58. The van der Waals surface area contributed by atoms with E-state index in [9.17, 15) is 4.79 Å². The summed E-state index contributed by atoms with van der Waals surface area (Å²) in [7, 11) is 2.61. The van der Waals surface area contributed by atoms with Crippen LogP contribution in [-0.4, -0.2) is 36.1 Å². The summed E-state index contributed by atoms with van der Waals surface area (Å²) in [5, 5.41) is 0. The van der Waals surface area contributed by atoms with Gasteiger partial charge in [0.05, 0.1) is 6.26 Å². The van der Waals surface area contributed by atoms with Crippen molar-refractivity contribution in [2.75, 3.05) is 21.3 Å². The summed E-state index contributed by atoms with van der Waals surface area (Å²) in [6.45, 7) is 3.82. The molecule has 0 rings (SSSR count). The van der Waals surface area contributed by atoms with Crippen molar-refractivity contribution in [3.63, 3.8) is 0 Å². The number of ether oxygens (including phenoxy) is 1. The van der Waals surface area contributed by atoms with Crippen LogP contribution in [0.5, 0.6) is 0 Å². The molecule has 0 radical (unpaired) electrons. The van der Waals surface area contributed by atoms with E-state index in [-0.39, 0.29) is 5.97 Å². The Hall–Kier alpha value is -0.693. The van der Waals surface area contributed by atoms with Gasteiger partial charge in [-0.3, -0.25) is 4.79 Å². The number of unbranched alkanes of at least 4 members (excludes halogenated alkanes) is 7. The van der Waals surface area contributed by atoms with Crippen molar-refractivity contribution < 1.29 is 22.8 Å². The molecule has 0 aromatic carbocycles. The Labute approximate surface area is 149 Å². The van der Waals surface area contributed by atoms with E-state index in [0.717, 1.165) is 30.9 Å². The SMILES string of the molecule is CO[Si](CCCCCCCCCCC(=O)OC=C(C)C)(OC)OC. The average molecular weight is 361 g/mol. The van der Waals surface area contributed by atoms with Gasteiger partial charge in [-0.1, -0.05) is 38.5 Å². The van der Waals surface area contributed by atoms with Crippen LogP contribution in [-0.2, 0) is 22.8 Å². The van der Waals surface area contributed by atoms with Crippen molar-refractivity contribution in [1.29, 1.82) is 0 Å². The fourth-order valence-corrected chi connectivity index (χ4v) is 4.27. The largest absolute Gasteiger partial charge is 0.500 e. The second kappa shape index (κ2) is 14.6. The second-order valence-electron chi connectivity index (χ2n) is 6.31. The lowest BCUT2D eigenvalue weighted by Gasteiger charge is -2.24. The highest BCUT2D eigenvalue weighted by Gasteiger charge is 2.36. The Morgan fingerprint density at radius 2 is 1.25 bits per heavy atom. The predicted molar refractivity (Wildman–Crippen MR) is 98.7 cm³/mol. The van der Waals surface area contributed by atoms with E-state index in [2.05, 4.69) is 0 Å². The van der Waals surface area contributed by atoms with Crippen LogP contribution in [0.3, 0.4) is 0 Å². The molecule has 0 aliphatic rings. The fourth-order valence-electron chi connectivity index (χ4n) is 2.47. The van der Waals surface area contributed by atoms with Crippen LogP contribution in [0.4, 0.5) is 0 Å². The summed E-state index contributed by atoms with van der Waals surface area (Å²) >= 11 is 0. The molecule has 0 aliphatic carbocycles. The number of esters is 1. The van der Waals surface area contributed by atoms with Crippen LogP contribution >= 0.6 is 0 Å². The lowest BCUT2D eigenvalue weighted by molar-refractivity contribution is -0.138. The van der Waals surface area contributed by atoms with E-state index in [1.165, 1.54) is 38.4 Å². The standard InChI is InChI=1S/C18H36O5Si/c1-17(2)16-23-18(19)14-12-10-8-6-7-9-11-13-15-24(20-3,21-4)22-5/h16H,6-15H2,1-5H3. The van der Waals surface area contributed by atoms with Crippen LogP contribution in [0.15, 0.2) is 11.8 Å². The number of hydrogen-bond acceptors (Lipinski definition) is 5. The molecule has 6 heteroatoms. The molecule has 0 spiro atoms. The molecule has 0 atom stereocenters.